The van der Waals surface area contributed by atoms with Crippen molar-refractivity contribution in [3.8, 4) is 5.75 Å². The summed E-state index contributed by atoms with van der Waals surface area (Å²) >= 11 is 1.19. The van der Waals surface area contributed by atoms with Gasteiger partial charge in [-0.1, -0.05) is 12.1 Å². The standard InChI is InChI=1S/C23H29N3O12S/c1-23(2)17(21(35)36)26-19(34)14(20(26)39-23)24-18(33)13(9-3-5-10(29)6-4-9)25-22(37)38-16(12(31)8-28)15(32)11(30)7-27/h3-6,8,11-17,20,27,29-32H,7H2,1-2H3,(H,24,33)(H,25,37)(H,35,36)/t11-,12+,13?,14?,15-,16-,17?,20?/m1/s1. The fourth-order valence-corrected chi connectivity index (χ4v) is 6.00. The third kappa shape index (κ3) is 6.09. The van der Waals surface area contributed by atoms with Crippen molar-refractivity contribution in [3.05, 3.63) is 29.8 Å². The summed E-state index contributed by atoms with van der Waals surface area (Å²) in [6.45, 7) is 2.33. The summed E-state index contributed by atoms with van der Waals surface area (Å²) in [7, 11) is 0. The monoisotopic (exact) mass is 571 g/mol. The van der Waals surface area contributed by atoms with Gasteiger partial charge in [0.05, 0.1) is 6.61 Å². The Balaban J connectivity index is 1.80. The van der Waals surface area contributed by atoms with Gasteiger partial charge < -0.3 is 55.7 Å². The number of amides is 3. The number of aromatic hydroxyl groups is 1. The second kappa shape index (κ2) is 11.7. The van der Waals surface area contributed by atoms with Crippen LogP contribution in [0.25, 0.3) is 0 Å². The van der Waals surface area contributed by atoms with Crippen molar-refractivity contribution in [2.75, 3.05) is 6.61 Å². The van der Waals surface area contributed by atoms with Gasteiger partial charge in [0.1, 0.15) is 47.6 Å². The lowest BCUT2D eigenvalue weighted by Gasteiger charge is -2.44. The number of hydrogen-bond acceptors (Lipinski definition) is 12. The number of phenolic OH excluding ortho intramolecular Hbond substituents is 1. The molecule has 16 heteroatoms. The highest BCUT2D eigenvalue weighted by atomic mass is 32.2. The third-order valence-electron chi connectivity index (χ3n) is 6.36. The summed E-state index contributed by atoms with van der Waals surface area (Å²) in [5.41, 5.74) is 0.108. The number of rotatable bonds is 11. The first kappa shape index (κ1) is 30.1. The number of β-lactam (4-membered cyclic amide) rings is 1. The van der Waals surface area contributed by atoms with Crippen LogP contribution in [0.3, 0.4) is 0 Å². The average Bonchev–Trinajstić information content (AvgIpc) is 3.15. The van der Waals surface area contributed by atoms with Gasteiger partial charge in [-0.2, -0.15) is 0 Å². The highest BCUT2D eigenvalue weighted by Crippen LogP contribution is 2.50. The number of aliphatic carboxylic acids is 1. The van der Waals surface area contributed by atoms with E-state index in [4.69, 9.17) is 9.84 Å². The Bertz CT molecular complexity index is 1120. The number of carboxylic acids is 1. The molecule has 2 fully saturated rings. The zero-order valence-electron chi connectivity index (χ0n) is 20.7. The number of carboxylic acid groups (broad SMARTS) is 1. The van der Waals surface area contributed by atoms with Gasteiger partial charge in [-0.15, -0.1) is 11.8 Å². The molecular weight excluding hydrogens is 542 g/mol. The second-order valence-electron chi connectivity index (χ2n) is 9.49. The van der Waals surface area contributed by atoms with Gasteiger partial charge in [0, 0.05) is 4.75 Å². The van der Waals surface area contributed by atoms with Crippen LogP contribution < -0.4 is 10.6 Å². The summed E-state index contributed by atoms with van der Waals surface area (Å²) in [6.07, 6.45) is -9.60. The van der Waals surface area contributed by atoms with E-state index >= 15 is 0 Å². The smallest absolute Gasteiger partial charge is 0.408 e. The lowest BCUT2D eigenvalue weighted by atomic mass is 9.95. The number of thioether (sulfide) groups is 1. The highest BCUT2D eigenvalue weighted by Gasteiger charge is 2.64. The number of benzene rings is 1. The molecule has 3 rings (SSSR count). The molecule has 8 N–H and O–H groups in total. The Morgan fingerprint density at radius 1 is 1.18 bits per heavy atom. The van der Waals surface area contributed by atoms with E-state index in [1.807, 2.05) is 0 Å². The number of aldehydes is 1. The molecule has 0 radical (unpaired) electrons. The second-order valence-corrected chi connectivity index (χ2v) is 11.3. The number of hydrogen-bond donors (Lipinski definition) is 8. The Morgan fingerprint density at radius 2 is 1.79 bits per heavy atom. The highest BCUT2D eigenvalue weighted by molar-refractivity contribution is 8.01. The number of carbonyl (C=O) groups is 5. The van der Waals surface area contributed by atoms with E-state index in [-0.39, 0.29) is 17.6 Å². The Hall–Kier alpha value is -3.44. The Morgan fingerprint density at radius 3 is 2.33 bits per heavy atom. The topological polar surface area (TPSA) is 243 Å². The third-order valence-corrected chi connectivity index (χ3v) is 7.93. The lowest BCUT2D eigenvalue weighted by Crippen LogP contribution is -2.71. The van der Waals surface area contributed by atoms with Gasteiger partial charge in [-0.25, -0.2) is 9.59 Å². The largest absolute Gasteiger partial charge is 0.508 e. The van der Waals surface area contributed by atoms with Crippen LogP contribution in [-0.4, -0.2) is 119 Å². The predicted octanol–water partition coefficient (Wildman–Crippen LogP) is -2.57. The van der Waals surface area contributed by atoms with Gasteiger partial charge in [0.2, 0.25) is 11.8 Å². The number of alkyl carbamates (subject to hydrolysis) is 1. The number of nitrogens with one attached hydrogen (secondary N) is 2. The summed E-state index contributed by atoms with van der Waals surface area (Å²) in [6, 6.07) is 1.20. The van der Waals surface area contributed by atoms with Crippen LogP contribution in [0.2, 0.25) is 0 Å². The molecule has 39 heavy (non-hydrogen) atoms. The zero-order valence-corrected chi connectivity index (χ0v) is 21.5. The van der Waals surface area contributed by atoms with Gasteiger partial charge in [-0.05, 0) is 31.5 Å². The maximum atomic E-state index is 13.3. The summed E-state index contributed by atoms with van der Waals surface area (Å²) < 4.78 is 4.04. The first-order valence-corrected chi connectivity index (χ1v) is 12.5. The number of ether oxygens (including phenoxy) is 1. The molecule has 8 atom stereocenters. The minimum Gasteiger partial charge on any atom is -0.508 e. The summed E-state index contributed by atoms with van der Waals surface area (Å²) in [5, 5.41) is 61.7. The molecular formula is C23H29N3O12S. The van der Waals surface area contributed by atoms with Crippen LogP contribution in [0.15, 0.2) is 24.3 Å². The van der Waals surface area contributed by atoms with Crippen molar-refractivity contribution in [1.29, 1.82) is 0 Å². The molecule has 2 aliphatic heterocycles. The van der Waals surface area contributed by atoms with Crippen molar-refractivity contribution < 1.29 is 59.3 Å². The van der Waals surface area contributed by atoms with Crippen LogP contribution in [0.1, 0.15) is 25.5 Å². The first-order valence-electron chi connectivity index (χ1n) is 11.6. The fourth-order valence-electron chi connectivity index (χ4n) is 4.37. The van der Waals surface area contributed by atoms with E-state index in [1.54, 1.807) is 13.8 Å². The van der Waals surface area contributed by atoms with E-state index in [2.05, 4.69) is 10.6 Å². The van der Waals surface area contributed by atoms with Gasteiger partial charge >= 0.3 is 12.1 Å². The van der Waals surface area contributed by atoms with Crippen molar-refractivity contribution in [2.24, 2.45) is 0 Å². The van der Waals surface area contributed by atoms with Crippen molar-refractivity contribution in [1.82, 2.24) is 15.5 Å². The summed E-state index contributed by atoms with van der Waals surface area (Å²) in [4.78, 5) is 62.7. The molecule has 0 saturated carbocycles. The maximum absolute atomic E-state index is 13.3. The van der Waals surface area contributed by atoms with Crippen LogP contribution in [0, 0.1) is 0 Å². The van der Waals surface area contributed by atoms with Crippen molar-refractivity contribution >= 4 is 41.9 Å². The number of nitrogens with zero attached hydrogens (tertiary/aromatic N) is 1. The van der Waals surface area contributed by atoms with Crippen molar-refractivity contribution in [3.63, 3.8) is 0 Å². The minimum absolute atomic E-state index is 0.0749. The van der Waals surface area contributed by atoms with E-state index in [0.717, 1.165) is 4.90 Å². The molecule has 1 aromatic rings. The van der Waals surface area contributed by atoms with E-state index in [1.165, 1.54) is 36.0 Å². The van der Waals surface area contributed by atoms with Crippen LogP contribution in [-0.2, 0) is 23.9 Å². The number of phenols is 1. The van der Waals surface area contributed by atoms with Crippen molar-refractivity contribution in [2.45, 2.75) is 66.5 Å². The molecule has 15 nitrogen and oxygen atoms in total. The van der Waals surface area contributed by atoms with Crippen LogP contribution in [0.5, 0.6) is 5.75 Å². The van der Waals surface area contributed by atoms with Crippen LogP contribution >= 0.6 is 11.8 Å². The lowest BCUT2D eigenvalue weighted by molar-refractivity contribution is -0.161. The van der Waals surface area contributed by atoms with Gasteiger partial charge in [0.25, 0.3) is 0 Å². The molecule has 0 aliphatic carbocycles. The molecule has 2 heterocycles. The molecule has 0 bridgehead atoms. The zero-order chi connectivity index (χ0) is 29.2. The minimum atomic E-state index is -2.10. The fraction of sp³-hybridized carbons (Fsp3) is 0.522. The number of aliphatic hydroxyl groups excluding tert-OH is 4. The summed E-state index contributed by atoms with van der Waals surface area (Å²) in [5.74, 6) is -2.91. The SMILES string of the molecule is CC1(C)SC2C(NC(=O)C(NC(=O)O[C@@H]([C@H](O)[C@H](O)CO)[C@@H](O)C=O)c3ccc(O)cc3)C(=O)N2C1C(=O)O. The van der Waals surface area contributed by atoms with E-state index in [9.17, 15) is 49.5 Å². The maximum Gasteiger partial charge on any atom is 0.408 e. The van der Waals surface area contributed by atoms with E-state index in [0.29, 0.717) is 0 Å². The normalized spacial score (nSPS) is 25.2. The van der Waals surface area contributed by atoms with Gasteiger partial charge in [-0.3, -0.25) is 9.59 Å². The molecule has 2 saturated heterocycles. The average molecular weight is 572 g/mol. The Kier molecular flexibility index (Phi) is 9.07. The molecule has 4 unspecified atom stereocenters. The van der Waals surface area contributed by atoms with E-state index < -0.39 is 83.1 Å². The predicted molar refractivity (Wildman–Crippen MR) is 131 cm³/mol. The van der Waals surface area contributed by atoms with Crippen LogP contribution in [0.4, 0.5) is 4.79 Å². The molecule has 1 aromatic carbocycles. The quantitative estimate of drug-likeness (QED) is 0.101. The molecule has 214 valence electrons. The Labute approximate surface area is 225 Å². The van der Waals surface area contributed by atoms with Gasteiger partial charge in [0.15, 0.2) is 12.4 Å². The molecule has 3 amide bonds. The molecule has 0 aromatic heterocycles. The molecule has 0 spiro atoms. The molecule has 2 aliphatic rings. The number of carbonyl (C=O) groups excluding carboxylic acids is 4. The first-order chi connectivity index (χ1) is 18.2. The number of fused-ring (bicyclic) bond motifs is 1. The number of aliphatic hydroxyl groups is 4.